The molecule has 2 N–H and O–H groups in total. The summed E-state index contributed by atoms with van der Waals surface area (Å²) < 4.78 is 1.82. The molecule has 1 amide bonds. The summed E-state index contributed by atoms with van der Waals surface area (Å²) in [6, 6.07) is 5.22. The molecule has 1 atom stereocenters. The van der Waals surface area contributed by atoms with E-state index < -0.39 is 6.10 Å². The van der Waals surface area contributed by atoms with Crippen molar-refractivity contribution in [1.82, 2.24) is 14.3 Å². The molecule has 0 bridgehead atoms. The fraction of sp³-hybridized carbons (Fsp3) is 0.222. The number of anilines is 1. The molecule has 7 nitrogen and oxygen atoms in total. The van der Waals surface area contributed by atoms with Gasteiger partial charge < -0.3 is 10.4 Å². The number of nitrogens with one attached hydrogen (secondary N) is 1. The van der Waals surface area contributed by atoms with Gasteiger partial charge in [0, 0.05) is 19.3 Å². The van der Waals surface area contributed by atoms with Crippen molar-refractivity contribution in [2.75, 3.05) is 18.4 Å². The molecule has 2 aromatic rings. The number of amides is 1. The zero-order chi connectivity index (χ0) is 19.6. The number of hydrogen-bond donors (Lipinski definition) is 2. The van der Waals surface area contributed by atoms with Gasteiger partial charge in [-0.25, -0.2) is 4.98 Å². The Morgan fingerprint density at radius 2 is 2.22 bits per heavy atom. The second-order valence-electron chi connectivity index (χ2n) is 5.92. The van der Waals surface area contributed by atoms with Gasteiger partial charge in [0.05, 0.1) is 16.6 Å². The molecule has 3 heterocycles. The van der Waals surface area contributed by atoms with Gasteiger partial charge in [-0.3, -0.25) is 18.9 Å². The van der Waals surface area contributed by atoms with Crippen molar-refractivity contribution in [1.29, 1.82) is 0 Å². The third-order valence-corrected chi connectivity index (χ3v) is 5.17. The molecular weight excluding hydrogens is 384 g/mol. The molecule has 9 heteroatoms. The van der Waals surface area contributed by atoms with Crippen LogP contribution >= 0.6 is 24.0 Å². The van der Waals surface area contributed by atoms with Crippen molar-refractivity contribution in [3.05, 3.63) is 57.9 Å². The van der Waals surface area contributed by atoms with E-state index in [1.165, 1.54) is 15.4 Å². The maximum absolute atomic E-state index is 13.0. The predicted molar refractivity (Wildman–Crippen MR) is 112 cm³/mol. The molecule has 140 valence electrons. The van der Waals surface area contributed by atoms with Crippen LogP contribution in [0.2, 0.25) is 0 Å². The monoisotopic (exact) mass is 402 g/mol. The van der Waals surface area contributed by atoms with Crippen LogP contribution < -0.4 is 10.9 Å². The average Bonchev–Trinajstić information content (AvgIpc) is 2.90. The third kappa shape index (κ3) is 3.95. The fourth-order valence-electron chi connectivity index (χ4n) is 2.53. The van der Waals surface area contributed by atoms with E-state index in [0.717, 1.165) is 11.8 Å². The summed E-state index contributed by atoms with van der Waals surface area (Å²) in [7, 11) is 0. The smallest absolute Gasteiger partial charge is 0.267 e. The minimum atomic E-state index is -0.625. The molecular formula is C18H18N4O3S2. The number of aliphatic hydroxyl groups is 1. The Morgan fingerprint density at radius 3 is 2.93 bits per heavy atom. The second kappa shape index (κ2) is 8.03. The first-order chi connectivity index (χ1) is 12.9. The topological polar surface area (TPSA) is 86.9 Å². The van der Waals surface area contributed by atoms with Crippen LogP contribution in [-0.2, 0) is 4.79 Å². The first-order valence-corrected chi connectivity index (χ1v) is 9.44. The molecule has 2 aromatic heterocycles. The number of fused-ring (bicyclic) bond motifs is 1. The van der Waals surface area contributed by atoms with Gasteiger partial charge in [-0.1, -0.05) is 36.1 Å². The molecule has 1 saturated heterocycles. The van der Waals surface area contributed by atoms with Crippen LogP contribution in [0.4, 0.5) is 5.82 Å². The van der Waals surface area contributed by atoms with Crippen LogP contribution in [0.15, 0.2) is 46.8 Å². The summed E-state index contributed by atoms with van der Waals surface area (Å²) in [6.45, 7) is 5.78. The lowest BCUT2D eigenvalue weighted by Crippen LogP contribution is -2.28. The molecule has 0 aromatic carbocycles. The van der Waals surface area contributed by atoms with Crippen molar-refractivity contribution < 1.29 is 9.90 Å². The SMILES string of the molecule is C=CCN1C(=O)C(=Cc2c(NCC(C)O)nc3ccccn3c2=O)SC1=S. The van der Waals surface area contributed by atoms with Crippen LogP contribution in [0.3, 0.4) is 0 Å². The summed E-state index contributed by atoms with van der Waals surface area (Å²) in [5.74, 6) is 0.0324. The average molecular weight is 403 g/mol. The minimum absolute atomic E-state index is 0.216. The van der Waals surface area contributed by atoms with Gasteiger partial charge in [0.15, 0.2) is 0 Å². The van der Waals surface area contributed by atoms with Gasteiger partial charge >= 0.3 is 0 Å². The van der Waals surface area contributed by atoms with E-state index in [1.807, 2.05) is 0 Å². The summed E-state index contributed by atoms with van der Waals surface area (Å²) in [5.41, 5.74) is 0.382. The van der Waals surface area contributed by atoms with Crippen molar-refractivity contribution >= 4 is 51.7 Å². The number of aliphatic hydroxyl groups excluding tert-OH is 1. The molecule has 1 aliphatic rings. The predicted octanol–water partition coefficient (Wildman–Crippen LogP) is 1.87. The molecule has 3 rings (SSSR count). The Bertz CT molecular complexity index is 1010. The van der Waals surface area contributed by atoms with E-state index in [4.69, 9.17) is 12.2 Å². The van der Waals surface area contributed by atoms with E-state index in [1.54, 1.807) is 37.4 Å². The Morgan fingerprint density at radius 1 is 1.44 bits per heavy atom. The van der Waals surface area contributed by atoms with Gasteiger partial charge in [-0.2, -0.15) is 0 Å². The highest BCUT2D eigenvalue weighted by atomic mass is 32.2. The van der Waals surface area contributed by atoms with Gasteiger partial charge in [-0.05, 0) is 25.1 Å². The fourth-order valence-corrected chi connectivity index (χ4v) is 3.79. The van der Waals surface area contributed by atoms with Crippen LogP contribution in [0.25, 0.3) is 11.7 Å². The van der Waals surface area contributed by atoms with Gasteiger partial charge in [0.2, 0.25) is 0 Å². The number of rotatable bonds is 6. The van der Waals surface area contributed by atoms with Crippen molar-refractivity contribution in [2.24, 2.45) is 0 Å². The normalized spacial score (nSPS) is 17.0. The van der Waals surface area contributed by atoms with Crippen LogP contribution in [0.1, 0.15) is 12.5 Å². The lowest BCUT2D eigenvalue weighted by molar-refractivity contribution is -0.121. The van der Waals surface area contributed by atoms with E-state index in [0.29, 0.717) is 27.2 Å². The number of thiocarbonyl (C=S) groups is 1. The van der Waals surface area contributed by atoms with Crippen LogP contribution in [0, 0.1) is 0 Å². The van der Waals surface area contributed by atoms with Crippen molar-refractivity contribution in [3.63, 3.8) is 0 Å². The Labute approximate surface area is 165 Å². The van der Waals surface area contributed by atoms with Crippen molar-refractivity contribution in [3.8, 4) is 0 Å². The molecule has 1 aliphatic heterocycles. The molecule has 0 spiro atoms. The molecule has 1 fully saturated rings. The summed E-state index contributed by atoms with van der Waals surface area (Å²) in [5, 5.41) is 12.5. The second-order valence-corrected chi connectivity index (χ2v) is 7.59. The molecule has 27 heavy (non-hydrogen) atoms. The number of nitrogens with zero attached hydrogens (tertiary/aromatic N) is 3. The zero-order valence-corrected chi connectivity index (χ0v) is 16.2. The largest absolute Gasteiger partial charge is 0.392 e. The number of thioether (sulfide) groups is 1. The maximum atomic E-state index is 13.0. The highest BCUT2D eigenvalue weighted by Crippen LogP contribution is 2.32. The van der Waals surface area contributed by atoms with Crippen molar-refractivity contribution in [2.45, 2.75) is 13.0 Å². The van der Waals surface area contributed by atoms with E-state index in [-0.39, 0.29) is 23.6 Å². The number of aromatic nitrogens is 2. The third-order valence-electron chi connectivity index (χ3n) is 3.79. The molecule has 1 unspecified atom stereocenters. The first-order valence-electron chi connectivity index (χ1n) is 8.22. The molecule has 0 radical (unpaired) electrons. The van der Waals surface area contributed by atoms with Gasteiger partial charge in [0.1, 0.15) is 15.8 Å². The lowest BCUT2D eigenvalue weighted by Gasteiger charge is -2.12. The Balaban J connectivity index is 2.12. The summed E-state index contributed by atoms with van der Waals surface area (Å²) >= 11 is 6.37. The number of carbonyl (C=O) groups excluding carboxylic acids is 1. The molecule has 0 aliphatic carbocycles. The lowest BCUT2D eigenvalue weighted by atomic mass is 10.2. The first kappa shape index (κ1) is 19.3. The van der Waals surface area contributed by atoms with E-state index in [9.17, 15) is 14.7 Å². The Hall–Kier alpha value is -2.49. The molecule has 0 saturated carbocycles. The quantitative estimate of drug-likeness (QED) is 0.433. The zero-order valence-electron chi connectivity index (χ0n) is 14.6. The van der Waals surface area contributed by atoms with Crippen LogP contribution in [-0.4, -0.2) is 48.8 Å². The van der Waals surface area contributed by atoms with Gasteiger partial charge in [-0.15, -0.1) is 6.58 Å². The maximum Gasteiger partial charge on any atom is 0.267 e. The highest BCUT2D eigenvalue weighted by molar-refractivity contribution is 8.26. The number of carbonyl (C=O) groups is 1. The number of pyridine rings is 1. The number of hydrogen-bond acceptors (Lipinski definition) is 7. The Kier molecular flexibility index (Phi) is 5.73. The van der Waals surface area contributed by atoms with Gasteiger partial charge in [0.25, 0.3) is 11.5 Å². The van der Waals surface area contributed by atoms with E-state index in [2.05, 4.69) is 16.9 Å². The minimum Gasteiger partial charge on any atom is -0.392 e. The summed E-state index contributed by atoms with van der Waals surface area (Å²) in [6.07, 6.45) is 4.08. The summed E-state index contributed by atoms with van der Waals surface area (Å²) in [4.78, 5) is 31.8. The van der Waals surface area contributed by atoms with Crippen LogP contribution in [0.5, 0.6) is 0 Å². The standard InChI is InChI=1S/C18H18N4O3S2/c1-3-7-22-17(25)13(27-18(22)26)9-12-15(19-10-11(2)23)20-14-6-4-5-8-21(14)16(12)24/h3-6,8-9,11,19,23H,1,7,10H2,2H3. The van der Waals surface area contributed by atoms with E-state index >= 15 is 0 Å². The highest BCUT2D eigenvalue weighted by Gasteiger charge is 2.31.